The number of para-hydroxylation sites is 1. The molecule has 3 rings (SSSR count). The van der Waals surface area contributed by atoms with Gasteiger partial charge in [0.2, 0.25) is 11.8 Å². The molecule has 144 valence electrons. The molecule has 1 heterocycles. The molecule has 2 N–H and O–H groups in total. The summed E-state index contributed by atoms with van der Waals surface area (Å²) in [7, 11) is 1.60. The van der Waals surface area contributed by atoms with Crippen molar-refractivity contribution in [3.05, 3.63) is 60.8 Å². The number of hydrogen-bond acceptors (Lipinski definition) is 5. The van der Waals surface area contributed by atoms with Crippen LogP contribution in [0.4, 0.5) is 5.69 Å². The summed E-state index contributed by atoms with van der Waals surface area (Å²) in [5, 5.41) is 6.32. The van der Waals surface area contributed by atoms with Crippen molar-refractivity contribution in [2.24, 2.45) is 0 Å². The zero-order valence-corrected chi connectivity index (χ0v) is 15.5. The minimum absolute atomic E-state index is 0.272. The fourth-order valence-corrected chi connectivity index (χ4v) is 2.64. The zero-order valence-electron chi connectivity index (χ0n) is 15.5. The minimum Gasteiger partial charge on any atom is -0.497 e. The van der Waals surface area contributed by atoms with E-state index in [2.05, 4.69) is 15.6 Å². The van der Waals surface area contributed by atoms with Crippen molar-refractivity contribution in [2.75, 3.05) is 25.6 Å². The Bertz CT molecular complexity index is 952. The summed E-state index contributed by atoms with van der Waals surface area (Å²) in [5.41, 5.74) is 1.27. The number of ether oxygens (including phenoxy) is 2. The predicted molar refractivity (Wildman–Crippen MR) is 106 cm³/mol. The first-order valence-electron chi connectivity index (χ1n) is 8.83. The molecule has 3 aromatic rings. The number of aromatic nitrogens is 1. The fourth-order valence-electron chi connectivity index (χ4n) is 2.64. The number of amides is 2. The largest absolute Gasteiger partial charge is 0.497 e. The molecule has 0 saturated carbocycles. The molecule has 7 nitrogen and oxygen atoms in total. The Balaban J connectivity index is 1.42. The number of carbonyl (C=O) groups is 2. The molecule has 0 aliphatic rings. The molecule has 0 spiro atoms. The van der Waals surface area contributed by atoms with E-state index < -0.39 is 5.91 Å². The SMILES string of the molecule is COc1ccc(OCCNC(=O)CC(=O)Nc2cccc3cccnc23)cc1. The van der Waals surface area contributed by atoms with Gasteiger partial charge < -0.3 is 20.1 Å². The molecule has 2 aromatic carbocycles. The highest BCUT2D eigenvalue weighted by molar-refractivity contribution is 6.07. The van der Waals surface area contributed by atoms with Gasteiger partial charge in [-0.2, -0.15) is 0 Å². The van der Waals surface area contributed by atoms with Crippen LogP contribution in [0, 0.1) is 0 Å². The Morgan fingerprint density at radius 2 is 1.71 bits per heavy atom. The van der Waals surface area contributed by atoms with E-state index in [1.807, 2.05) is 24.3 Å². The smallest absolute Gasteiger partial charge is 0.233 e. The molecular formula is C21H21N3O4. The van der Waals surface area contributed by atoms with Crippen LogP contribution >= 0.6 is 0 Å². The van der Waals surface area contributed by atoms with Gasteiger partial charge in [-0.05, 0) is 36.4 Å². The average Bonchev–Trinajstić information content (AvgIpc) is 2.72. The van der Waals surface area contributed by atoms with Gasteiger partial charge in [0, 0.05) is 11.6 Å². The Morgan fingerprint density at radius 3 is 2.50 bits per heavy atom. The lowest BCUT2D eigenvalue weighted by Gasteiger charge is -2.09. The van der Waals surface area contributed by atoms with Gasteiger partial charge in [-0.15, -0.1) is 0 Å². The van der Waals surface area contributed by atoms with Crippen LogP contribution in [0.3, 0.4) is 0 Å². The van der Waals surface area contributed by atoms with Crippen LogP contribution in [-0.2, 0) is 9.59 Å². The number of carbonyl (C=O) groups excluding carboxylic acids is 2. The van der Waals surface area contributed by atoms with Crippen molar-refractivity contribution in [2.45, 2.75) is 6.42 Å². The topological polar surface area (TPSA) is 89.5 Å². The lowest BCUT2D eigenvalue weighted by molar-refractivity contribution is -0.126. The Hall–Kier alpha value is -3.61. The first-order chi connectivity index (χ1) is 13.7. The summed E-state index contributed by atoms with van der Waals surface area (Å²) in [5.74, 6) is 0.653. The van der Waals surface area contributed by atoms with E-state index in [1.54, 1.807) is 43.6 Å². The number of rotatable bonds is 8. The molecule has 28 heavy (non-hydrogen) atoms. The lowest BCUT2D eigenvalue weighted by atomic mass is 10.2. The van der Waals surface area contributed by atoms with Gasteiger partial charge in [-0.3, -0.25) is 14.6 Å². The second-order valence-electron chi connectivity index (χ2n) is 5.98. The Morgan fingerprint density at radius 1 is 0.964 bits per heavy atom. The molecule has 0 atom stereocenters. The highest BCUT2D eigenvalue weighted by Gasteiger charge is 2.11. The van der Waals surface area contributed by atoms with E-state index in [9.17, 15) is 9.59 Å². The van der Waals surface area contributed by atoms with Gasteiger partial charge in [0.25, 0.3) is 0 Å². The second kappa shape index (κ2) is 9.36. The number of anilines is 1. The van der Waals surface area contributed by atoms with Gasteiger partial charge >= 0.3 is 0 Å². The molecule has 0 aliphatic heterocycles. The summed E-state index contributed by atoms with van der Waals surface area (Å²) in [6, 6.07) is 16.4. The van der Waals surface area contributed by atoms with Crippen LogP contribution in [0.15, 0.2) is 60.8 Å². The van der Waals surface area contributed by atoms with Crippen molar-refractivity contribution in [1.82, 2.24) is 10.3 Å². The number of pyridine rings is 1. The van der Waals surface area contributed by atoms with Crippen molar-refractivity contribution in [3.63, 3.8) is 0 Å². The second-order valence-corrected chi connectivity index (χ2v) is 5.98. The number of benzene rings is 2. The van der Waals surface area contributed by atoms with Gasteiger partial charge in [-0.1, -0.05) is 18.2 Å². The summed E-state index contributed by atoms with van der Waals surface area (Å²) in [6.45, 7) is 0.598. The standard InChI is InChI=1S/C21H21N3O4/c1-27-16-7-9-17(10-8-16)28-13-12-22-19(25)14-20(26)24-18-6-2-4-15-5-3-11-23-21(15)18/h2-11H,12-14H2,1H3,(H,22,25)(H,24,26). The van der Waals surface area contributed by atoms with E-state index in [-0.39, 0.29) is 12.3 Å². The monoisotopic (exact) mass is 379 g/mol. The third-order valence-electron chi connectivity index (χ3n) is 3.98. The summed E-state index contributed by atoms with van der Waals surface area (Å²) in [6.07, 6.45) is 1.39. The Labute approximate surface area is 162 Å². The summed E-state index contributed by atoms with van der Waals surface area (Å²) < 4.78 is 10.6. The molecule has 1 aromatic heterocycles. The Kier molecular flexibility index (Phi) is 6.41. The van der Waals surface area contributed by atoms with Crippen LogP contribution in [-0.4, -0.2) is 37.1 Å². The van der Waals surface area contributed by atoms with Crippen LogP contribution in [0.25, 0.3) is 10.9 Å². The molecule has 0 aliphatic carbocycles. The normalized spacial score (nSPS) is 10.3. The van der Waals surface area contributed by atoms with Gasteiger partial charge in [-0.25, -0.2) is 0 Å². The first-order valence-corrected chi connectivity index (χ1v) is 8.83. The number of methoxy groups -OCH3 is 1. The van der Waals surface area contributed by atoms with E-state index >= 15 is 0 Å². The van der Waals surface area contributed by atoms with E-state index in [0.29, 0.717) is 30.1 Å². The number of nitrogens with one attached hydrogen (secondary N) is 2. The molecule has 2 amide bonds. The predicted octanol–water partition coefficient (Wildman–Crippen LogP) is 2.77. The van der Waals surface area contributed by atoms with Crippen LogP contribution in [0.2, 0.25) is 0 Å². The number of hydrogen-bond donors (Lipinski definition) is 2. The molecule has 0 radical (unpaired) electrons. The molecule has 7 heteroatoms. The van der Waals surface area contributed by atoms with Crippen LogP contribution < -0.4 is 20.1 Å². The molecule has 0 unspecified atom stereocenters. The van der Waals surface area contributed by atoms with Crippen molar-refractivity contribution >= 4 is 28.4 Å². The minimum atomic E-state index is -0.397. The third-order valence-corrected chi connectivity index (χ3v) is 3.98. The third kappa shape index (κ3) is 5.20. The zero-order chi connectivity index (χ0) is 19.8. The van der Waals surface area contributed by atoms with Crippen LogP contribution in [0.1, 0.15) is 6.42 Å². The number of fused-ring (bicyclic) bond motifs is 1. The quantitative estimate of drug-likeness (QED) is 0.464. The highest BCUT2D eigenvalue weighted by Crippen LogP contribution is 2.20. The van der Waals surface area contributed by atoms with E-state index in [0.717, 1.165) is 11.1 Å². The van der Waals surface area contributed by atoms with Gasteiger partial charge in [0.1, 0.15) is 24.5 Å². The van der Waals surface area contributed by atoms with Crippen molar-refractivity contribution in [1.29, 1.82) is 0 Å². The maximum Gasteiger partial charge on any atom is 0.233 e. The molecular weight excluding hydrogens is 358 g/mol. The highest BCUT2D eigenvalue weighted by atomic mass is 16.5. The number of nitrogens with zero attached hydrogens (tertiary/aromatic N) is 1. The van der Waals surface area contributed by atoms with Crippen molar-refractivity contribution in [3.8, 4) is 11.5 Å². The van der Waals surface area contributed by atoms with Gasteiger partial charge in [0.15, 0.2) is 0 Å². The van der Waals surface area contributed by atoms with E-state index in [1.165, 1.54) is 0 Å². The first kappa shape index (κ1) is 19.2. The van der Waals surface area contributed by atoms with Crippen molar-refractivity contribution < 1.29 is 19.1 Å². The molecule has 0 fully saturated rings. The van der Waals surface area contributed by atoms with Crippen LogP contribution in [0.5, 0.6) is 11.5 Å². The summed E-state index contributed by atoms with van der Waals surface area (Å²) >= 11 is 0. The maximum atomic E-state index is 12.1. The fraction of sp³-hybridized carbons (Fsp3) is 0.190. The average molecular weight is 379 g/mol. The van der Waals surface area contributed by atoms with E-state index in [4.69, 9.17) is 9.47 Å². The maximum absolute atomic E-state index is 12.1. The lowest BCUT2D eigenvalue weighted by Crippen LogP contribution is -2.31. The molecule has 0 bridgehead atoms. The molecule has 0 saturated heterocycles. The van der Waals surface area contributed by atoms with Gasteiger partial charge in [0.05, 0.1) is 24.9 Å². The summed E-state index contributed by atoms with van der Waals surface area (Å²) in [4.78, 5) is 28.4.